The van der Waals surface area contributed by atoms with E-state index in [2.05, 4.69) is 121 Å². The molecular weight excluding hydrogens is 352 g/mol. The minimum absolute atomic E-state index is 1.35. The van der Waals surface area contributed by atoms with Crippen LogP contribution in [0, 0.1) is 0 Å². The predicted molar refractivity (Wildman–Crippen MR) is 120 cm³/mol. The fraction of sp³-hybridized carbons (Fsp3) is 0.200. The molecule has 0 aliphatic rings. The Kier molecular flexibility index (Phi) is 6.18. The molecule has 0 bridgehead atoms. The normalized spacial score (nSPS) is 12.6. The van der Waals surface area contributed by atoms with Crippen LogP contribution in [-0.4, -0.2) is 24.9 Å². The summed E-state index contributed by atoms with van der Waals surface area (Å²) in [5.41, 5.74) is 4.26. The molecule has 2 nitrogen and oxygen atoms in total. The molecule has 0 saturated heterocycles. The van der Waals surface area contributed by atoms with Crippen LogP contribution in [0.5, 0.6) is 0 Å². The van der Waals surface area contributed by atoms with Crippen LogP contribution in [0.15, 0.2) is 85.2 Å². The first-order chi connectivity index (χ1) is 11.7. The van der Waals surface area contributed by atoms with Crippen LogP contribution in [-0.2, 0) is 0 Å². The van der Waals surface area contributed by atoms with Crippen LogP contribution in [0.25, 0.3) is 0 Å². The number of rotatable bonds is 8. The van der Waals surface area contributed by atoms with Gasteiger partial charge in [-0.1, -0.05) is 98.3 Å². The van der Waals surface area contributed by atoms with Crippen LogP contribution in [0.3, 0.4) is 0 Å². The summed E-state index contributed by atoms with van der Waals surface area (Å²) in [4.78, 5) is 0. The van der Waals surface area contributed by atoms with Crippen molar-refractivity contribution < 1.29 is 0 Å². The third-order valence-corrected chi connectivity index (χ3v) is 17.0. The fourth-order valence-electron chi connectivity index (χ4n) is 2.93. The molecule has 2 aromatic rings. The van der Waals surface area contributed by atoms with Gasteiger partial charge in [-0.3, -0.25) is 0 Å². The second kappa shape index (κ2) is 7.80. The van der Waals surface area contributed by atoms with Gasteiger partial charge in [0.25, 0.3) is 8.40 Å². The molecule has 0 spiro atoms. The van der Waals surface area contributed by atoms with Gasteiger partial charge in [-0.05, 0) is 10.4 Å². The summed E-state index contributed by atoms with van der Waals surface area (Å²) >= 11 is 0. The lowest BCUT2D eigenvalue weighted by Crippen LogP contribution is -2.85. The second-order valence-corrected chi connectivity index (χ2v) is 19.9. The van der Waals surface area contributed by atoms with E-state index in [4.69, 9.17) is 0 Å². The highest BCUT2D eigenvalue weighted by Crippen LogP contribution is 2.11. The van der Waals surface area contributed by atoms with Crippen molar-refractivity contribution in [1.82, 2.24) is 9.30 Å². The Hall–Kier alpha value is -1.51. The molecule has 25 heavy (non-hydrogen) atoms. The van der Waals surface area contributed by atoms with E-state index in [9.17, 15) is 0 Å². The number of benzene rings is 2. The minimum Gasteiger partial charge on any atom is -0.337 e. The van der Waals surface area contributed by atoms with Gasteiger partial charge in [-0.2, -0.15) is 0 Å². The number of hydrogen-bond acceptors (Lipinski definition) is 2. The van der Waals surface area contributed by atoms with E-state index in [0.717, 1.165) is 0 Å². The zero-order valence-corrected chi connectivity index (χ0v) is 18.8. The molecule has 0 atom stereocenters. The maximum atomic E-state index is 4.12. The van der Waals surface area contributed by atoms with Crippen molar-refractivity contribution in [1.29, 1.82) is 0 Å². The van der Waals surface area contributed by atoms with Crippen molar-refractivity contribution in [2.45, 2.75) is 26.2 Å². The molecule has 0 heterocycles. The van der Waals surface area contributed by atoms with Crippen molar-refractivity contribution in [2.24, 2.45) is 0 Å². The number of hydrogen-bond donors (Lipinski definition) is 2. The lowest BCUT2D eigenvalue weighted by Gasteiger charge is -2.43. The Morgan fingerprint density at radius 2 is 0.960 bits per heavy atom. The summed E-state index contributed by atoms with van der Waals surface area (Å²) in [5.74, 6) is 0. The molecule has 0 aliphatic carbocycles. The average Bonchev–Trinajstić information content (AvgIpc) is 2.62. The highest BCUT2D eigenvalue weighted by atomic mass is 28.4. The largest absolute Gasteiger partial charge is 0.337 e. The van der Waals surface area contributed by atoms with Gasteiger partial charge in [-0.25, -0.2) is 0 Å². The Morgan fingerprint density at radius 1 is 0.640 bits per heavy atom. The van der Waals surface area contributed by atoms with Crippen molar-refractivity contribution in [3.63, 3.8) is 0 Å². The van der Waals surface area contributed by atoms with Gasteiger partial charge < -0.3 is 9.30 Å². The van der Waals surface area contributed by atoms with Gasteiger partial charge in [0, 0.05) is 0 Å². The molecule has 2 N–H and O–H groups in total. The summed E-state index contributed by atoms with van der Waals surface area (Å²) in [6, 6.07) is 21.7. The van der Waals surface area contributed by atoms with E-state index in [0.29, 0.717) is 0 Å². The maximum Gasteiger partial charge on any atom is 0.254 e. The van der Waals surface area contributed by atoms with Gasteiger partial charge in [0.15, 0.2) is 0 Å². The molecule has 132 valence electrons. The standard InChI is InChI=1S/C20H30N2Si3/c1-7-23(3,4)21-25(22-24(5,6)8-2,19-15-11-9-12-16-19)20-17-13-10-14-18-20/h7-18,21-22H,1-2H2,3-6H3. The van der Waals surface area contributed by atoms with E-state index in [1.807, 2.05) is 0 Å². The van der Waals surface area contributed by atoms with E-state index in [1.165, 1.54) is 10.4 Å². The molecule has 0 saturated carbocycles. The maximum absolute atomic E-state index is 4.12. The minimum atomic E-state index is -2.38. The van der Waals surface area contributed by atoms with Crippen LogP contribution in [0.1, 0.15) is 0 Å². The van der Waals surface area contributed by atoms with Crippen molar-refractivity contribution in [3.8, 4) is 0 Å². The fourth-order valence-corrected chi connectivity index (χ4v) is 16.3. The van der Waals surface area contributed by atoms with Gasteiger partial charge >= 0.3 is 0 Å². The first kappa shape index (κ1) is 19.8. The Bertz CT molecular complexity index is 649. The summed E-state index contributed by atoms with van der Waals surface area (Å²) < 4.78 is 8.23. The molecule has 0 aliphatic heterocycles. The van der Waals surface area contributed by atoms with E-state index in [-0.39, 0.29) is 0 Å². The molecule has 0 aromatic heterocycles. The zero-order valence-electron chi connectivity index (χ0n) is 15.8. The quantitative estimate of drug-likeness (QED) is 0.685. The Morgan fingerprint density at radius 3 is 1.24 bits per heavy atom. The molecular formula is C20H30N2Si3. The molecule has 0 radical (unpaired) electrons. The van der Waals surface area contributed by atoms with Crippen molar-refractivity contribution in [3.05, 3.63) is 85.2 Å². The lowest BCUT2D eigenvalue weighted by molar-refractivity contribution is 1.23. The third kappa shape index (κ3) is 4.77. The molecule has 0 fully saturated rings. The summed E-state index contributed by atoms with van der Waals surface area (Å²) in [6.07, 6.45) is 0. The SMILES string of the molecule is C=C[Si](C)(C)N[Si](N[Si](C)(C)C=C)(c1ccccc1)c1ccccc1. The molecule has 5 heteroatoms. The molecule has 0 unspecified atom stereocenters. The highest BCUT2D eigenvalue weighted by molar-refractivity contribution is 7.11. The van der Waals surface area contributed by atoms with Gasteiger partial charge in [0.2, 0.25) is 0 Å². The van der Waals surface area contributed by atoms with Crippen LogP contribution < -0.4 is 19.7 Å². The zero-order chi connectivity index (χ0) is 18.6. The predicted octanol–water partition coefficient (Wildman–Crippen LogP) is 3.28. The second-order valence-electron chi connectivity index (χ2n) is 7.58. The van der Waals surface area contributed by atoms with Gasteiger partial charge in [0.1, 0.15) is 16.5 Å². The topological polar surface area (TPSA) is 24.1 Å². The number of nitrogens with one attached hydrogen (secondary N) is 2. The van der Waals surface area contributed by atoms with Crippen LogP contribution >= 0.6 is 0 Å². The van der Waals surface area contributed by atoms with Crippen molar-refractivity contribution >= 4 is 35.2 Å². The summed E-state index contributed by atoms with van der Waals surface area (Å²) in [7, 11) is -5.96. The van der Waals surface area contributed by atoms with E-state index < -0.39 is 24.9 Å². The van der Waals surface area contributed by atoms with Crippen LogP contribution in [0.2, 0.25) is 26.2 Å². The first-order valence-corrected chi connectivity index (χ1v) is 16.9. The van der Waals surface area contributed by atoms with E-state index >= 15 is 0 Å². The lowest BCUT2D eigenvalue weighted by atomic mass is 10.4. The molecule has 0 amide bonds. The molecule has 2 aromatic carbocycles. The highest BCUT2D eigenvalue weighted by Gasteiger charge is 2.45. The Balaban J connectivity index is 2.73. The van der Waals surface area contributed by atoms with Gasteiger partial charge in [0.05, 0.1) is 0 Å². The van der Waals surface area contributed by atoms with E-state index in [1.54, 1.807) is 0 Å². The average molecular weight is 383 g/mol. The summed E-state index contributed by atoms with van der Waals surface area (Å²) in [5, 5.41) is 2.71. The van der Waals surface area contributed by atoms with Crippen LogP contribution in [0.4, 0.5) is 0 Å². The summed E-state index contributed by atoms with van der Waals surface area (Å²) in [6.45, 7) is 17.5. The Labute approximate surface area is 156 Å². The molecule has 2 rings (SSSR count). The van der Waals surface area contributed by atoms with Crippen molar-refractivity contribution in [2.75, 3.05) is 0 Å². The monoisotopic (exact) mass is 382 g/mol. The third-order valence-electron chi connectivity index (χ3n) is 4.45. The first-order valence-electron chi connectivity index (χ1n) is 8.72. The van der Waals surface area contributed by atoms with Gasteiger partial charge in [-0.15, -0.1) is 13.2 Å². The smallest absolute Gasteiger partial charge is 0.254 e.